The van der Waals surface area contributed by atoms with Crippen molar-refractivity contribution in [3.63, 3.8) is 0 Å². The van der Waals surface area contributed by atoms with E-state index in [1.54, 1.807) is 25.1 Å². The maximum Gasteiger partial charge on any atom is 0.416 e. The quantitative estimate of drug-likeness (QED) is 0.348. The number of hydrogen-bond donors (Lipinski definition) is 1. The molecule has 1 unspecified atom stereocenters. The molecule has 0 fully saturated rings. The number of nitrogens with zero attached hydrogens (tertiary/aromatic N) is 1. The molecule has 0 saturated carbocycles. The molecule has 0 spiro atoms. The Morgan fingerprint density at radius 1 is 1.06 bits per heavy atom. The van der Waals surface area contributed by atoms with Crippen LogP contribution in [0.15, 0.2) is 72.4 Å². The van der Waals surface area contributed by atoms with Gasteiger partial charge in [0.2, 0.25) is 0 Å². The molecule has 7 heteroatoms. The van der Waals surface area contributed by atoms with Gasteiger partial charge in [-0.3, -0.25) is 0 Å². The van der Waals surface area contributed by atoms with Crippen LogP contribution in [0.2, 0.25) is 0 Å². The molecular formula is C29H30F4N2O. The third-order valence-electron chi connectivity index (χ3n) is 5.36. The highest BCUT2D eigenvalue weighted by Crippen LogP contribution is 2.36. The first kappa shape index (κ1) is 28.6. The van der Waals surface area contributed by atoms with Crippen molar-refractivity contribution in [2.75, 3.05) is 0 Å². The van der Waals surface area contributed by atoms with Crippen LogP contribution in [0.3, 0.4) is 0 Å². The molecule has 0 aromatic heterocycles. The Hall–Kier alpha value is -3.63. The van der Waals surface area contributed by atoms with Crippen molar-refractivity contribution in [3.05, 3.63) is 106 Å². The maximum atomic E-state index is 13.4. The average molecular weight is 499 g/mol. The highest BCUT2D eigenvalue weighted by molar-refractivity contribution is 5.74. The zero-order valence-electron chi connectivity index (χ0n) is 20.8. The van der Waals surface area contributed by atoms with Gasteiger partial charge >= 0.3 is 6.18 Å². The molecule has 0 radical (unpaired) electrons. The number of alkyl halides is 3. The number of nitrogens with two attached hydrogens (primary N) is 1. The van der Waals surface area contributed by atoms with E-state index in [1.165, 1.54) is 12.6 Å². The van der Waals surface area contributed by atoms with Crippen molar-refractivity contribution < 1.29 is 22.3 Å². The Labute approximate surface area is 209 Å². The van der Waals surface area contributed by atoms with Crippen LogP contribution in [-0.2, 0) is 17.5 Å². The third kappa shape index (κ3) is 7.19. The second-order valence-corrected chi connectivity index (χ2v) is 8.34. The summed E-state index contributed by atoms with van der Waals surface area (Å²) in [6.45, 7) is 7.46. The molecular weight excluding hydrogens is 468 g/mol. The van der Waals surface area contributed by atoms with Crippen molar-refractivity contribution in [1.29, 1.82) is 5.26 Å². The van der Waals surface area contributed by atoms with Gasteiger partial charge in [-0.15, -0.1) is 0 Å². The van der Waals surface area contributed by atoms with Crippen molar-refractivity contribution in [2.45, 2.75) is 53.0 Å². The molecule has 3 nitrogen and oxygen atoms in total. The number of ether oxygens (including phenoxy) is 1. The summed E-state index contributed by atoms with van der Waals surface area (Å²) in [7, 11) is 0. The third-order valence-corrected chi connectivity index (χ3v) is 5.36. The average Bonchev–Trinajstić information content (AvgIpc) is 2.84. The minimum Gasteiger partial charge on any atom is -0.405 e. The summed E-state index contributed by atoms with van der Waals surface area (Å²) in [5.41, 5.74) is 8.60. The highest BCUT2D eigenvalue weighted by atomic mass is 19.4. The molecule has 0 bridgehead atoms. The van der Waals surface area contributed by atoms with E-state index in [9.17, 15) is 22.8 Å². The smallest absolute Gasteiger partial charge is 0.405 e. The zero-order valence-corrected chi connectivity index (χ0v) is 20.8. The monoisotopic (exact) mass is 498 g/mol. The van der Waals surface area contributed by atoms with Gasteiger partial charge < -0.3 is 10.5 Å². The second kappa shape index (κ2) is 12.9. The maximum absolute atomic E-state index is 13.4. The van der Waals surface area contributed by atoms with E-state index in [4.69, 9.17) is 10.5 Å². The van der Waals surface area contributed by atoms with Gasteiger partial charge in [0.25, 0.3) is 0 Å². The summed E-state index contributed by atoms with van der Waals surface area (Å²) in [5.74, 6) is -0.976. The van der Waals surface area contributed by atoms with Gasteiger partial charge in [-0.2, -0.15) is 18.4 Å². The molecule has 0 heterocycles. The SMILES string of the molecule is C/C(=C\N)C(OCc1ccc(F)cc1C(F)(F)F)c1ccc(C#N)c(-c2ccccc2C)c1.CCC. The first-order chi connectivity index (χ1) is 17.1. The molecule has 0 aliphatic carbocycles. The first-order valence-electron chi connectivity index (χ1n) is 11.5. The fraction of sp³-hybridized carbons (Fsp3) is 0.276. The standard InChI is InChI=1S/C26H22F4N2O.C3H8/c1-16-5-3-4-6-22(16)23-11-18(7-8-19(23)14-32)25(17(2)13-31)33-15-20-9-10-21(27)12-24(20)26(28,29)30;1-3-2/h3-13,25H,15,31H2,1-2H3;3H2,1-2H3/b17-13+;. The van der Waals surface area contributed by atoms with E-state index in [0.29, 0.717) is 28.3 Å². The summed E-state index contributed by atoms with van der Waals surface area (Å²) >= 11 is 0. The lowest BCUT2D eigenvalue weighted by Gasteiger charge is -2.22. The predicted octanol–water partition coefficient (Wildman–Crippen LogP) is 8.23. The topological polar surface area (TPSA) is 59.0 Å². The van der Waals surface area contributed by atoms with Crippen LogP contribution in [0.5, 0.6) is 0 Å². The highest BCUT2D eigenvalue weighted by Gasteiger charge is 2.34. The van der Waals surface area contributed by atoms with E-state index in [-0.39, 0.29) is 5.56 Å². The van der Waals surface area contributed by atoms with Crippen LogP contribution >= 0.6 is 0 Å². The molecule has 1 atom stereocenters. The number of halogens is 4. The fourth-order valence-corrected chi connectivity index (χ4v) is 3.61. The van der Waals surface area contributed by atoms with Crippen LogP contribution < -0.4 is 5.73 Å². The molecule has 2 N–H and O–H groups in total. The van der Waals surface area contributed by atoms with Gasteiger partial charge in [0.05, 0.1) is 23.8 Å². The zero-order chi connectivity index (χ0) is 26.9. The van der Waals surface area contributed by atoms with E-state index >= 15 is 0 Å². The fourth-order valence-electron chi connectivity index (χ4n) is 3.61. The lowest BCUT2D eigenvalue weighted by atomic mass is 9.92. The molecule has 190 valence electrons. The summed E-state index contributed by atoms with van der Waals surface area (Å²) < 4.78 is 59.5. The Morgan fingerprint density at radius 3 is 2.31 bits per heavy atom. The summed E-state index contributed by atoms with van der Waals surface area (Å²) in [5, 5.41) is 9.59. The van der Waals surface area contributed by atoms with Crippen molar-refractivity contribution in [1.82, 2.24) is 0 Å². The minimum atomic E-state index is -4.72. The lowest BCUT2D eigenvalue weighted by molar-refractivity contribution is -0.139. The molecule has 36 heavy (non-hydrogen) atoms. The van der Waals surface area contributed by atoms with E-state index in [0.717, 1.165) is 23.3 Å². The molecule has 0 amide bonds. The van der Waals surface area contributed by atoms with Gasteiger partial charge in [0, 0.05) is 5.56 Å². The first-order valence-corrected chi connectivity index (χ1v) is 11.5. The molecule has 0 aliphatic heterocycles. The normalized spacial score (nSPS) is 12.4. The minimum absolute atomic E-state index is 0.188. The van der Waals surface area contributed by atoms with Gasteiger partial charge in [-0.1, -0.05) is 56.7 Å². The van der Waals surface area contributed by atoms with Crippen molar-refractivity contribution in [2.24, 2.45) is 5.73 Å². The van der Waals surface area contributed by atoms with Gasteiger partial charge in [-0.05, 0) is 72.1 Å². The molecule has 0 aliphatic rings. The Bertz CT molecular complexity index is 1240. The Kier molecular flexibility index (Phi) is 10.2. The molecule has 3 rings (SSSR count). The Balaban J connectivity index is 0.00000145. The van der Waals surface area contributed by atoms with E-state index in [1.807, 2.05) is 31.2 Å². The number of nitriles is 1. The Morgan fingerprint density at radius 2 is 1.72 bits per heavy atom. The van der Waals surface area contributed by atoms with Gasteiger partial charge in [-0.25, -0.2) is 4.39 Å². The van der Waals surface area contributed by atoms with Crippen LogP contribution in [-0.4, -0.2) is 0 Å². The van der Waals surface area contributed by atoms with Gasteiger partial charge in [0.1, 0.15) is 11.9 Å². The van der Waals surface area contributed by atoms with Gasteiger partial charge in [0.15, 0.2) is 0 Å². The van der Waals surface area contributed by atoms with E-state index in [2.05, 4.69) is 19.9 Å². The van der Waals surface area contributed by atoms with Crippen LogP contribution in [0.1, 0.15) is 61.1 Å². The van der Waals surface area contributed by atoms with Crippen LogP contribution in [0.25, 0.3) is 11.1 Å². The number of benzene rings is 3. The second-order valence-electron chi connectivity index (χ2n) is 8.34. The summed E-state index contributed by atoms with van der Waals surface area (Å²) in [6.07, 6.45) is -2.91. The predicted molar refractivity (Wildman–Crippen MR) is 134 cm³/mol. The summed E-state index contributed by atoms with van der Waals surface area (Å²) in [6, 6.07) is 17.4. The molecule has 0 saturated heterocycles. The number of hydrogen-bond acceptors (Lipinski definition) is 3. The number of aryl methyl sites for hydroxylation is 1. The van der Waals surface area contributed by atoms with Crippen LogP contribution in [0, 0.1) is 24.1 Å². The van der Waals surface area contributed by atoms with Crippen LogP contribution in [0.4, 0.5) is 17.6 Å². The van der Waals surface area contributed by atoms with Crippen molar-refractivity contribution >= 4 is 0 Å². The van der Waals surface area contributed by atoms with E-state index < -0.39 is 30.3 Å². The lowest BCUT2D eigenvalue weighted by Crippen LogP contribution is -2.13. The largest absolute Gasteiger partial charge is 0.416 e. The molecule has 3 aromatic carbocycles. The summed E-state index contributed by atoms with van der Waals surface area (Å²) in [4.78, 5) is 0. The van der Waals surface area contributed by atoms with Crippen molar-refractivity contribution in [3.8, 4) is 17.2 Å². The molecule has 3 aromatic rings. The number of rotatable bonds is 6.